The predicted octanol–water partition coefficient (Wildman–Crippen LogP) is 1.07. The van der Waals surface area contributed by atoms with Crippen molar-refractivity contribution in [2.75, 3.05) is 50.7 Å². The van der Waals surface area contributed by atoms with Gasteiger partial charge in [0, 0.05) is 57.9 Å². The van der Waals surface area contributed by atoms with E-state index < -0.39 is 0 Å². The molecule has 2 heterocycles. The Bertz CT molecular complexity index is 621. The van der Waals surface area contributed by atoms with E-state index >= 15 is 0 Å². The standard InChI is InChI=1S/C19H27FN4O2/c1-15(25)23-8-6-17(7-9-23)21-19(26)14-22-10-12-24(13-11-22)18-4-2-16(20)3-5-18/h2-5,17H,6-14H2,1H3,(H,21,26). The van der Waals surface area contributed by atoms with Gasteiger partial charge in [0.15, 0.2) is 0 Å². The Morgan fingerprint density at radius 2 is 1.65 bits per heavy atom. The molecule has 0 bridgehead atoms. The highest BCUT2D eigenvalue weighted by atomic mass is 19.1. The second-order valence-corrected chi connectivity index (χ2v) is 7.09. The summed E-state index contributed by atoms with van der Waals surface area (Å²) in [5.41, 5.74) is 1.02. The summed E-state index contributed by atoms with van der Waals surface area (Å²) in [4.78, 5) is 29.8. The van der Waals surface area contributed by atoms with Gasteiger partial charge in [0.1, 0.15) is 5.82 Å². The molecule has 7 heteroatoms. The van der Waals surface area contributed by atoms with E-state index in [1.165, 1.54) is 12.1 Å². The highest BCUT2D eigenvalue weighted by Crippen LogP contribution is 2.17. The Balaban J connectivity index is 1.38. The number of amides is 2. The molecule has 0 spiro atoms. The third kappa shape index (κ3) is 4.94. The zero-order valence-electron chi connectivity index (χ0n) is 15.3. The lowest BCUT2D eigenvalue weighted by atomic mass is 10.1. The number of carbonyl (C=O) groups is 2. The number of benzene rings is 1. The smallest absolute Gasteiger partial charge is 0.234 e. The molecule has 0 unspecified atom stereocenters. The Morgan fingerprint density at radius 1 is 1.04 bits per heavy atom. The molecule has 2 fully saturated rings. The molecule has 1 aromatic carbocycles. The normalized spacial score (nSPS) is 19.5. The molecule has 142 valence electrons. The fourth-order valence-corrected chi connectivity index (χ4v) is 3.63. The number of piperazine rings is 1. The Hall–Kier alpha value is -2.15. The number of nitrogens with zero attached hydrogens (tertiary/aromatic N) is 3. The van der Waals surface area contributed by atoms with Crippen LogP contribution in [0.15, 0.2) is 24.3 Å². The monoisotopic (exact) mass is 362 g/mol. The van der Waals surface area contributed by atoms with Crippen molar-refractivity contribution in [2.24, 2.45) is 0 Å². The average molecular weight is 362 g/mol. The van der Waals surface area contributed by atoms with E-state index in [2.05, 4.69) is 15.1 Å². The van der Waals surface area contributed by atoms with Crippen LogP contribution in [-0.4, -0.2) is 73.5 Å². The number of rotatable bonds is 4. The van der Waals surface area contributed by atoms with Gasteiger partial charge in [0.2, 0.25) is 11.8 Å². The summed E-state index contributed by atoms with van der Waals surface area (Å²) in [6, 6.07) is 6.72. The highest BCUT2D eigenvalue weighted by molar-refractivity contribution is 5.78. The average Bonchev–Trinajstić information content (AvgIpc) is 2.63. The van der Waals surface area contributed by atoms with Gasteiger partial charge in [-0.15, -0.1) is 0 Å². The third-order valence-electron chi connectivity index (χ3n) is 5.24. The van der Waals surface area contributed by atoms with Gasteiger partial charge >= 0.3 is 0 Å². The van der Waals surface area contributed by atoms with Crippen LogP contribution in [-0.2, 0) is 9.59 Å². The van der Waals surface area contributed by atoms with Crippen LogP contribution in [0.1, 0.15) is 19.8 Å². The van der Waals surface area contributed by atoms with E-state index in [9.17, 15) is 14.0 Å². The molecule has 1 aromatic rings. The van der Waals surface area contributed by atoms with Crippen molar-refractivity contribution in [3.05, 3.63) is 30.1 Å². The lowest BCUT2D eigenvalue weighted by Gasteiger charge is -2.36. The Kier molecular flexibility index (Phi) is 6.08. The van der Waals surface area contributed by atoms with Gasteiger partial charge in [-0.3, -0.25) is 14.5 Å². The minimum atomic E-state index is -0.224. The summed E-state index contributed by atoms with van der Waals surface area (Å²) in [5, 5.41) is 3.10. The molecular formula is C19H27FN4O2. The Morgan fingerprint density at radius 3 is 2.23 bits per heavy atom. The molecular weight excluding hydrogens is 335 g/mol. The quantitative estimate of drug-likeness (QED) is 0.871. The number of halogens is 1. The minimum Gasteiger partial charge on any atom is -0.369 e. The van der Waals surface area contributed by atoms with E-state index in [4.69, 9.17) is 0 Å². The van der Waals surface area contributed by atoms with Crippen LogP contribution in [0, 0.1) is 5.82 Å². The van der Waals surface area contributed by atoms with Crippen molar-refractivity contribution in [3.63, 3.8) is 0 Å². The van der Waals surface area contributed by atoms with Gasteiger partial charge in [0.25, 0.3) is 0 Å². The van der Waals surface area contributed by atoms with Gasteiger partial charge in [-0.1, -0.05) is 0 Å². The lowest BCUT2D eigenvalue weighted by Crippen LogP contribution is -2.52. The van der Waals surface area contributed by atoms with Crippen molar-refractivity contribution in [2.45, 2.75) is 25.8 Å². The van der Waals surface area contributed by atoms with E-state index in [1.807, 2.05) is 4.90 Å². The van der Waals surface area contributed by atoms with Gasteiger partial charge in [-0.25, -0.2) is 4.39 Å². The highest BCUT2D eigenvalue weighted by Gasteiger charge is 2.24. The number of carbonyl (C=O) groups excluding carboxylic acids is 2. The number of hydrogen-bond donors (Lipinski definition) is 1. The zero-order valence-corrected chi connectivity index (χ0v) is 15.3. The van der Waals surface area contributed by atoms with Crippen LogP contribution in [0.3, 0.4) is 0 Å². The van der Waals surface area contributed by atoms with E-state index in [0.717, 1.165) is 57.8 Å². The molecule has 2 aliphatic heterocycles. The maximum absolute atomic E-state index is 13.0. The molecule has 0 aliphatic carbocycles. The number of piperidine rings is 1. The van der Waals surface area contributed by atoms with Crippen molar-refractivity contribution in [1.29, 1.82) is 0 Å². The van der Waals surface area contributed by atoms with Crippen molar-refractivity contribution in [3.8, 4) is 0 Å². The molecule has 3 rings (SSSR count). The molecule has 6 nitrogen and oxygen atoms in total. The maximum atomic E-state index is 13.0. The molecule has 1 N–H and O–H groups in total. The Labute approximate surface area is 153 Å². The summed E-state index contributed by atoms with van der Waals surface area (Å²) in [6.45, 7) is 6.72. The summed E-state index contributed by atoms with van der Waals surface area (Å²) in [7, 11) is 0. The third-order valence-corrected chi connectivity index (χ3v) is 5.24. The number of anilines is 1. The summed E-state index contributed by atoms with van der Waals surface area (Å²) in [5.74, 6) is -0.0616. The molecule has 2 saturated heterocycles. The fourth-order valence-electron chi connectivity index (χ4n) is 3.63. The largest absolute Gasteiger partial charge is 0.369 e. The SMILES string of the molecule is CC(=O)N1CCC(NC(=O)CN2CCN(c3ccc(F)cc3)CC2)CC1. The first kappa shape index (κ1) is 18.6. The van der Waals surface area contributed by atoms with Gasteiger partial charge in [0.05, 0.1) is 6.54 Å². The first-order valence-electron chi connectivity index (χ1n) is 9.29. The van der Waals surface area contributed by atoms with E-state index in [-0.39, 0.29) is 23.7 Å². The van der Waals surface area contributed by atoms with Crippen LogP contribution in [0.4, 0.5) is 10.1 Å². The van der Waals surface area contributed by atoms with E-state index in [0.29, 0.717) is 6.54 Å². The van der Waals surface area contributed by atoms with Crippen LogP contribution >= 0.6 is 0 Å². The van der Waals surface area contributed by atoms with Gasteiger partial charge in [-0.05, 0) is 37.1 Å². The first-order chi connectivity index (χ1) is 12.5. The first-order valence-corrected chi connectivity index (χ1v) is 9.29. The molecule has 2 aliphatic rings. The molecule has 0 radical (unpaired) electrons. The summed E-state index contributed by atoms with van der Waals surface area (Å²) in [6.07, 6.45) is 1.65. The second kappa shape index (κ2) is 8.49. The van der Waals surface area contributed by atoms with Crippen LogP contribution < -0.4 is 10.2 Å². The molecule has 2 amide bonds. The molecule has 26 heavy (non-hydrogen) atoms. The number of likely N-dealkylation sites (tertiary alicyclic amines) is 1. The summed E-state index contributed by atoms with van der Waals surface area (Å²) >= 11 is 0. The predicted molar refractivity (Wildman–Crippen MR) is 98.5 cm³/mol. The molecule has 0 atom stereocenters. The molecule has 0 saturated carbocycles. The second-order valence-electron chi connectivity index (χ2n) is 7.09. The summed E-state index contributed by atoms with van der Waals surface area (Å²) < 4.78 is 13.0. The van der Waals surface area contributed by atoms with Crippen molar-refractivity contribution in [1.82, 2.24) is 15.1 Å². The van der Waals surface area contributed by atoms with Crippen LogP contribution in [0.5, 0.6) is 0 Å². The minimum absolute atomic E-state index is 0.0570. The topological polar surface area (TPSA) is 55.9 Å². The van der Waals surface area contributed by atoms with Crippen molar-refractivity contribution < 1.29 is 14.0 Å². The van der Waals surface area contributed by atoms with Gasteiger partial charge in [-0.2, -0.15) is 0 Å². The van der Waals surface area contributed by atoms with Crippen molar-refractivity contribution >= 4 is 17.5 Å². The molecule has 0 aromatic heterocycles. The fraction of sp³-hybridized carbons (Fsp3) is 0.579. The van der Waals surface area contributed by atoms with Crippen LogP contribution in [0.25, 0.3) is 0 Å². The van der Waals surface area contributed by atoms with Crippen LogP contribution in [0.2, 0.25) is 0 Å². The maximum Gasteiger partial charge on any atom is 0.234 e. The van der Waals surface area contributed by atoms with E-state index in [1.54, 1.807) is 19.1 Å². The lowest BCUT2D eigenvalue weighted by molar-refractivity contribution is -0.130. The van der Waals surface area contributed by atoms with Gasteiger partial charge < -0.3 is 15.1 Å². The zero-order chi connectivity index (χ0) is 18.5. The number of hydrogen-bond acceptors (Lipinski definition) is 4. The number of nitrogens with one attached hydrogen (secondary N) is 1.